The van der Waals surface area contributed by atoms with Crippen molar-refractivity contribution in [2.75, 3.05) is 6.61 Å². The van der Waals surface area contributed by atoms with Gasteiger partial charge in [0.1, 0.15) is 0 Å². The second-order valence-corrected chi connectivity index (χ2v) is 9.70. The topological polar surface area (TPSA) is 26.3 Å². The highest BCUT2D eigenvalue weighted by Crippen LogP contribution is 2.64. The summed E-state index contributed by atoms with van der Waals surface area (Å²) in [5.74, 6) is 1.32. The van der Waals surface area contributed by atoms with E-state index >= 15 is 0 Å². The summed E-state index contributed by atoms with van der Waals surface area (Å²) < 4.78 is 5.51. The normalized spacial score (nSPS) is 45.0. The molecule has 0 saturated heterocycles. The summed E-state index contributed by atoms with van der Waals surface area (Å²) in [6.07, 6.45) is 13.0. The highest BCUT2D eigenvalue weighted by Gasteiger charge is 2.56. The first-order chi connectivity index (χ1) is 11.2. The summed E-state index contributed by atoms with van der Waals surface area (Å²) >= 11 is 0. The van der Waals surface area contributed by atoms with Crippen molar-refractivity contribution in [3.63, 3.8) is 0 Å². The predicted molar refractivity (Wildman–Crippen MR) is 98.6 cm³/mol. The molecule has 3 aliphatic rings. The van der Waals surface area contributed by atoms with Gasteiger partial charge in [0.2, 0.25) is 0 Å². The summed E-state index contributed by atoms with van der Waals surface area (Å²) in [5, 5.41) is 0. The maximum absolute atomic E-state index is 11.4. The van der Waals surface area contributed by atoms with Gasteiger partial charge in [-0.25, -0.2) is 0 Å². The molecule has 3 aliphatic carbocycles. The number of rotatable bonds is 3. The SMILES string of the molecule is CC[C@]1(C)C=C2CC[C@H]3[C@](C)(COC(C)=O)CCC[C@]3(C)[C@H]2CC1. The standard InChI is InChI=1S/C22H36O2/c1-6-20(3)13-10-18-17(14-20)8-9-19-21(4,15-24-16(2)23)11-7-12-22(18,19)5/h14,18-19H,6-13,15H2,1-5H3/t18-,19-,20-,21-,22+/m0/s1. The van der Waals surface area contributed by atoms with Crippen LogP contribution in [0.15, 0.2) is 11.6 Å². The molecule has 2 fully saturated rings. The van der Waals surface area contributed by atoms with Crippen LogP contribution >= 0.6 is 0 Å². The minimum absolute atomic E-state index is 0.128. The average molecular weight is 333 g/mol. The Morgan fingerprint density at radius 3 is 2.62 bits per heavy atom. The molecule has 2 nitrogen and oxygen atoms in total. The molecule has 0 spiro atoms. The van der Waals surface area contributed by atoms with Crippen LogP contribution in [0.4, 0.5) is 0 Å². The van der Waals surface area contributed by atoms with Gasteiger partial charge in [-0.3, -0.25) is 4.79 Å². The Morgan fingerprint density at radius 1 is 1.21 bits per heavy atom. The van der Waals surface area contributed by atoms with Gasteiger partial charge in [0.15, 0.2) is 0 Å². The van der Waals surface area contributed by atoms with E-state index in [0.717, 1.165) is 5.92 Å². The lowest BCUT2D eigenvalue weighted by Gasteiger charge is -2.60. The number of allylic oxidation sites excluding steroid dienone is 2. The number of carbonyl (C=O) groups is 1. The Kier molecular flexibility index (Phi) is 4.64. The Labute approximate surface area is 148 Å². The van der Waals surface area contributed by atoms with E-state index in [0.29, 0.717) is 23.4 Å². The molecule has 0 amide bonds. The van der Waals surface area contributed by atoms with Crippen LogP contribution in [0.1, 0.15) is 86.0 Å². The van der Waals surface area contributed by atoms with Crippen molar-refractivity contribution in [2.24, 2.45) is 28.1 Å². The van der Waals surface area contributed by atoms with Crippen LogP contribution < -0.4 is 0 Å². The van der Waals surface area contributed by atoms with Crippen LogP contribution in [-0.4, -0.2) is 12.6 Å². The molecule has 0 radical (unpaired) electrons. The number of hydrogen-bond donors (Lipinski definition) is 0. The van der Waals surface area contributed by atoms with Crippen LogP contribution in [0.5, 0.6) is 0 Å². The lowest BCUT2D eigenvalue weighted by atomic mass is 9.45. The van der Waals surface area contributed by atoms with Crippen molar-refractivity contribution in [1.82, 2.24) is 0 Å². The first-order valence-corrected chi connectivity index (χ1v) is 10.1. The Bertz CT molecular complexity index is 536. The largest absolute Gasteiger partial charge is 0.465 e. The first kappa shape index (κ1) is 18.0. The van der Waals surface area contributed by atoms with E-state index in [1.165, 1.54) is 51.4 Å². The zero-order valence-electron chi connectivity index (χ0n) is 16.4. The van der Waals surface area contributed by atoms with Gasteiger partial charge in [-0.05, 0) is 67.6 Å². The fourth-order valence-electron chi connectivity index (χ4n) is 6.42. The van der Waals surface area contributed by atoms with Gasteiger partial charge in [-0.1, -0.05) is 45.8 Å². The van der Waals surface area contributed by atoms with Crippen molar-refractivity contribution in [1.29, 1.82) is 0 Å². The second-order valence-electron chi connectivity index (χ2n) is 9.70. The van der Waals surface area contributed by atoms with Crippen molar-refractivity contribution in [2.45, 2.75) is 86.0 Å². The molecule has 2 heteroatoms. The number of ether oxygens (including phenoxy) is 1. The molecule has 0 aromatic carbocycles. The average Bonchev–Trinajstić information content (AvgIpc) is 2.52. The Balaban J connectivity index is 1.87. The molecule has 2 saturated carbocycles. The predicted octanol–water partition coefficient (Wildman–Crippen LogP) is 5.91. The quantitative estimate of drug-likeness (QED) is 0.474. The fraction of sp³-hybridized carbons (Fsp3) is 0.864. The Morgan fingerprint density at radius 2 is 1.96 bits per heavy atom. The molecule has 24 heavy (non-hydrogen) atoms. The molecule has 136 valence electrons. The smallest absolute Gasteiger partial charge is 0.302 e. The molecule has 0 aromatic heterocycles. The lowest BCUT2D eigenvalue weighted by Crippen LogP contribution is -2.53. The number of carbonyl (C=O) groups excluding carboxylic acids is 1. The van der Waals surface area contributed by atoms with Crippen LogP contribution in [-0.2, 0) is 9.53 Å². The van der Waals surface area contributed by atoms with Crippen LogP contribution in [0.2, 0.25) is 0 Å². The van der Waals surface area contributed by atoms with E-state index in [-0.39, 0.29) is 11.4 Å². The zero-order valence-corrected chi connectivity index (χ0v) is 16.4. The first-order valence-electron chi connectivity index (χ1n) is 10.1. The van der Waals surface area contributed by atoms with Crippen molar-refractivity contribution in [3.8, 4) is 0 Å². The summed E-state index contributed by atoms with van der Waals surface area (Å²) in [6, 6.07) is 0. The fourth-order valence-corrected chi connectivity index (χ4v) is 6.42. The summed E-state index contributed by atoms with van der Waals surface area (Å²) in [4.78, 5) is 11.4. The van der Waals surface area contributed by atoms with Gasteiger partial charge in [-0.15, -0.1) is 0 Å². The van der Waals surface area contributed by atoms with Crippen molar-refractivity contribution in [3.05, 3.63) is 11.6 Å². The molecule has 0 unspecified atom stereocenters. The van der Waals surface area contributed by atoms with Crippen LogP contribution in [0, 0.1) is 28.1 Å². The van der Waals surface area contributed by atoms with E-state index in [9.17, 15) is 4.79 Å². The van der Waals surface area contributed by atoms with Gasteiger partial charge >= 0.3 is 5.97 Å². The number of esters is 1. The highest BCUT2D eigenvalue weighted by atomic mass is 16.5. The molecule has 5 atom stereocenters. The molecule has 0 N–H and O–H groups in total. The van der Waals surface area contributed by atoms with E-state index in [1.54, 1.807) is 12.5 Å². The van der Waals surface area contributed by atoms with Gasteiger partial charge < -0.3 is 4.74 Å². The van der Waals surface area contributed by atoms with Crippen molar-refractivity contribution < 1.29 is 9.53 Å². The molecule has 0 aliphatic heterocycles. The Hall–Kier alpha value is -0.790. The molecule has 3 rings (SSSR count). The molecular weight excluding hydrogens is 296 g/mol. The molecule has 0 aromatic rings. The minimum atomic E-state index is -0.128. The summed E-state index contributed by atoms with van der Waals surface area (Å²) in [5.41, 5.74) is 2.73. The molecule has 0 bridgehead atoms. The number of hydrogen-bond acceptors (Lipinski definition) is 2. The maximum atomic E-state index is 11.4. The zero-order chi connectivity index (χ0) is 17.6. The van der Waals surface area contributed by atoms with E-state index in [4.69, 9.17) is 4.74 Å². The van der Waals surface area contributed by atoms with Crippen LogP contribution in [0.3, 0.4) is 0 Å². The number of fused-ring (bicyclic) bond motifs is 3. The van der Waals surface area contributed by atoms with E-state index in [1.807, 2.05) is 0 Å². The molecular formula is C22H36O2. The van der Waals surface area contributed by atoms with E-state index < -0.39 is 0 Å². The van der Waals surface area contributed by atoms with E-state index in [2.05, 4.69) is 33.8 Å². The van der Waals surface area contributed by atoms with Crippen molar-refractivity contribution >= 4 is 5.97 Å². The molecule has 0 heterocycles. The third-order valence-corrected chi connectivity index (χ3v) is 8.02. The van der Waals surface area contributed by atoms with Gasteiger partial charge in [0, 0.05) is 12.3 Å². The summed E-state index contributed by atoms with van der Waals surface area (Å²) in [7, 11) is 0. The monoisotopic (exact) mass is 332 g/mol. The lowest BCUT2D eigenvalue weighted by molar-refractivity contribution is -0.153. The van der Waals surface area contributed by atoms with Gasteiger partial charge in [0.25, 0.3) is 0 Å². The van der Waals surface area contributed by atoms with Gasteiger partial charge in [-0.2, -0.15) is 0 Å². The van der Waals surface area contributed by atoms with Gasteiger partial charge in [0.05, 0.1) is 6.61 Å². The summed E-state index contributed by atoms with van der Waals surface area (Å²) in [6.45, 7) is 11.9. The highest BCUT2D eigenvalue weighted by molar-refractivity contribution is 5.65. The second kappa shape index (κ2) is 6.18. The minimum Gasteiger partial charge on any atom is -0.465 e. The maximum Gasteiger partial charge on any atom is 0.302 e. The third-order valence-electron chi connectivity index (χ3n) is 8.02. The third kappa shape index (κ3) is 2.95. The van der Waals surface area contributed by atoms with Crippen LogP contribution in [0.25, 0.3) is 0 Å².